The number of ketones is 2. The van der Waals surface area contributed by atoms with Crippen molar-refractivity contribution in [2.24, 2.45) is 29.6 Å². The molecular weight excluding hydrogens is 534 g/mol. The van der Waals surface area contributed by atoms with Gasteiger partial charge >= 0.3 is 12.1 Å². The number of rotatable bonds is 7. The van der Waals surface area contributed by atoms with E-state index < -0.39 is 59.1 Å². The van der Waals surface area contributed by atoms with Gasteiger partial charge in [0, 0.05) is 31.4 Å². The number of fused-ring (bicyclic) bond motifs is 1. The Kier molecular flexibility index (Phi) is 11.0. The van der Waals surface area contributed by atoms with E-state index in [1.807, 2.05) is 52.8 Å². The normalized spacial score (nSPS) is 36.7. The van der Waals surface area contributed by atoms with E-state index >= 15 is 0 Å². The predicted molar refractivity (Wildman–Crippen MR) is 161 cm³/mol. The second-order valence-electron chi connectivity index (χ2n) is 13.0. The predicted octanol–water partition coefficient (Wildman–Crippen LogP) is 6.04. The van der Waals surface area contributed by atoms with Crippen molar-refractivity contribution in [3.63, 3.8) is 0 Å². The third-order valence-electron chi connectivity index (χ3n) is 10.2. The highest BCUT2D eigenvalue weighted by Crippen LogP contribution is 2.43. The van der Waals surface area contributed by atoms with E-state index in [9.17, 15) is 19.2 Å². The molecule has 3 rings (SSSR count). The van der Waals surface area contributed by atoms with Crippen LogP contribution in [0.5, 0.6) is 0 Å². The van der Waals surface area contributed by atoms with Gasteiger partial charge in [-0.1, -0.05) is 65.0 Å². The van der Waals surface area contributed by atoms with Crippen LogP contribution in [0.3, 0.4) is 0 Å². The summed E-state index contributed by atoms with van der Waals surface area (Å²) < 4.78 is 18.0. The SMILES string of the molecule is CC[C@H]1OC(=O)[C@H](C)C(=O)[C@H](C)[C@@H](C)[C@](C)(OC)C[C@@H](C)C(=O)[C@H](C)[C@H]2N(CCCCc3ccccc3)C(=O)O[C@]12C. The lowest BCUT2D eigenvalue weighted by Gasteiger charge is -2.43. The lowest BCUT2D eigenvalue weighted by molar-refractivity contribution is -0.172. The third-order valence-corrected chi connectivity index (χ3v) is 10.2. The number of benzene rings is 1. The summed E-state index contributed by atoms with van der Waals surface area (Å²) in [7, 11) is 1.60. The standard InChI is InChI=1S/C34H51NO7/c1-10-27-34(8)30(35(32(39)42-34)19-15-14-18-26-16-12-11-13-17-26)23(4)28(36)21(2)20-33(7,40-9)25(6)22(3)29(37)24(5)31(38)41-27/h11-13,16-17,21-25,27,30H,10,14-15,18-20H2,1-9H3/t21-,22-,23+,24-,25-,27-,30-,33-,34-/m1/s1. The summed E-state index contributed by atoms with van der Waals surface area (Å²) in [6.07, 6.45) is 1.90. The Morgan fingerprint density at radius 2 is 1.57 bits per heavy atom. The Morgan fingerprint density at radius 3 is 2.17 bits per heavy atom. The van der Waals surface area contributed by atoms with Gasteiger partial charge in [0.15, 0.2) is 5.60 Å². The number of ether oxygens (including phenoxy) is 3. The fourth-order valence-corrected chi connectivity index (χ4v) is 7.14. The molecule has 9 atom stereocenters. The maximum atomic E-state index is 14.1. The molecule has 8 nitrogen and oxygen atoms in total. The molecule has 0 spiro atoms. The molecule has 0 saturated carbocycles. The summed E-state index contributed by atoms with van der Waals surface area (Å²) in [4.78, 5) is 56.1. The Morgan fingerprint density at radius 1 is 0.929 bits per heavy atom. The van der Waals surface area contributed by atoms with Gasteiger partial charge in [-0.05, 0) is 64.4 Å². The number of hydrogen-bond donors (Lipinski definition) is 0. The Labute approximate surface area is 251 Å². The average Bonchev–Trinajstić information content (AvgIpc) is 3.24. The highest BCUT2D eigenvalue weighted by Gasteiger charge is 2.60. The highest BCUT2D eigenvalue weighted by atomic mass is 16.6. The topological polar surface area (TPSA) is 99.2 Å². The van der Waals surface area contributed by atoms with Crippen molar-refractivity contribution in [2.75, 3.05) is 13.7 Å². The smallest absolute Gasteiger partial charge is 0.410 e. The Bertz CT molecular complexity index is 1120. The summed E-state index contributed by atoms with van der Waals surface area (Å²) in [5, 5.41) is 0. The van der Waals surface area contributed by atoms with Crippen LogP contribution in [-0.4, -0.2) is 65.5 Å². The van der Waals surface area contributed by atoms with Gasteiger partial charge in [-0.3, -0.25) is 14.4 Å². The lowest BCUT2D eigenvalue weighted by atomic mass is 9.70. The summed E-state index contributed by atoms with van der Waals surface area (Å²) in [5.41, 5.74) is -0.828. The second kappa shape index (κ2) is 13.7. The maximum Gasteiger partial charge on any atom is 0.410 e. The minimum Gasteiger partial charge on any atom is -0.458 e. The van der Waals surface area contributed by atoms with Gasteiger partial charge in [0.2, 0.25) is 0 Å². The maximum absolute atomic E-state index is 14.1. The van der Waals surface area contributed by atoms with Crippen LogP contribution in [-0.2, 0) is 35.0 Å². The van der Waals surface area contributed by atoms with Gasteiger partial charge in [-0.2, -0.15) is 0 Å². The summed E-state index contributed by atoms with van der Waals surface area (Å²) >= 11 is 0. The number of aryl methyl sites for hydroxylation is 1. The molecule has 42 heavy (non-hydrogen) atoms. The zero-order chi connectivity index (χ0) is 31.4. The number of carbonyl (C=O) groups is 4. The monoisotopic (exact) mass is 585 g/mol. The Balaban J connectivity index is 1.99. The van der Waals surface area contributed by atoms with Crippen molar-refractivity contribution in [1.29, 1.82) is 0 Å². The van der Waals surface area contributed by atoms with Gasteiger partial charge in [0.1, 0.15) is 23.6 Å². The number of Topliss-reactive ketones (excluding diaryl/α,β-unsaturated/α-hetero) is 2. The van der Waals surface area contributed by atoms with Gasteiger partial charge in [-0.15, -0.1) is 0 Å². The van der Waals surface area contributed by atoms with E-state index in [0.29, 0.717) is 19.4 Å². The number of carbonyl (C=O) groups excluding carboxylic acids is 4. The van der Waals surface area contributed by atoms with Gasteiger partial charge in [0.05, 0.1) is 11.6 Å². The summed E-state index contributed by atoms with van der Waals surface area (Å²) in [6, 6.07) is 9.54. The Hall–Kier alpha value is -2.74. The van der Waals surface area contributed by atoms with E-state index in [1.54, 1.807) is 32.8 Å². The van der Waals surface area contributed by atoms with E-state index in [2.05, 4.69) is 12.1 Å². The van der Waals surface area contributed by atoms with E-state index in [4.69, 9.17) is 14.2 Å². The zero-order valence-corrected chi connectivity index (χ0v) is 27.0. The van der Waals surface area contributed by atoms with Crippen LogP contribution in [0.1, 0.15) is 86.6 Å². The quantitative estimate of drug-likeness (QED) is 0.219. The highest BCUT2D eigenvalue weighted by molar-refractivity contribution is 6.00. The fourth-order valence-electron chi connectivity index (χ4n) is 7.14. The molecule has 2 fully saturated rings. The van der Waals surface area contributed by atoms with Crippen LogP contribution < -0.4 is 0 Å². The van der Waals surface area contributed by atoms with E-state index in [1.165, 1.54) is 5.56 Å². The van der Waals surface area contributed by atoms with Crippen LogP contribution >= 0.6 is 0 Å². The van der Waals surface area contributed by atoms with Crippen LogP contribution in [0.25, 0.3) is 0 Å². The first kappa shape index (κ1) is 33.8. The zero-order valence-electron chi connectivity index (χ0n) is 27.0. The molecule has 1 aromatic carbocycles. The number of hydrogen-bond acceptors (Lipinski definition) is 7. The number of esters is 1. The minimum atomic E-state index is -1.27. The molecule has 0 bridgehead atoms. The first-order valence-corrected chi connectivity index (χ1v) is 15.6. The van der Waals surface area contributed by atoms with Crippen LogP contribution in [0.15, 0.2) is 30.3 Å². The first-order valence-electron chi connectivity index (χ1n) is 15.6. The molecule has 0 N–H and O–H groups in total. The third kappa shape index (κ3) is 6.74. The first-order chi connectivity index (χ1) is 19.7. The molecule has 2 aliphatic rings. The molecular formula is C34H51NO7. The average molecular weight is 586 g/mol. The molecule has 2 heterocycles. The number of amides is 1. The summed E-state index contributed by atoms with van der Waals surface area (Å²) in [5.74, 6) is -3.65. The molecule has 8 heteroatoms. The molecule has 0 radical (unpaired) electrons. The fraction of sp³-hybridized carbons (Fsp3) is 0.706. The lowest BCUT2D eigenvalue weighted by Crippen LogP contribution is -2.58. The molecule has 1 aromatic rings. The van der Waals surface area contributed by atoms with Crippen molar-refractivity contribution in [2.45, 2.75) is 111 Å². The second-order valence-corrected chi connectivity index (χ2v) is 13.0. The molecule has 2 saturated heterocycles. The van der Waals surface area contributed by atoms with Crippen molar-refractivity contribution in [3.8, 4) is 0 Å². The van der Waals surface area contributed by atoms with Gasteiger partial charge in [0.25, 0.3) is 0 Å². The van der Waals surface area contributed by atoms with Crippen LogP contribution in [0, 0.1) is 29.6 Å². The number of methoxy groups -OCH3 is 1. The van der Waals surface area contributed by atoms with Crippen molar-refractivity contribution < 1.29 is 33.4 Å². The number of cyclic esters (lactones) is 1. The van der Waals surface area contributed by atoms with Gasteiger partial charge in [-0.25, -0.2) is 4.79 Å². The molecule has 234 valence electrons. The number of unbranched alkanes of at least 4 members (excludes halogenated alkanes) is 1. The summed E-state index contributed by atoms with van der Waals surface area (Å²) in [6.45, 7) is 15.0. The van der Waals surface area contributed by atoms with E-state index in [0.717, 1.165) is 19.3 Å². The van der Waals surface area contributed by atoms with Crippen molar-refractivity contribution in [3.05, 3.63) is 35.9 Å². The molecule has 0 aliphatic carbocycles. The van der Waals surface area contributed by atoms with Crippen LogP contribution in [0.2, 0.25) is 0 Å². The van der Waals surface area contributed by atoms with E-state index in [-0.39, 0.29) is 17.5 Å². The molecule has 1 amide bonds. The van der Waals surface area contributed by atoms with Crippen molar-refractivity contribution >= 4 is 23.6 Å². The van der Waals surface area contributed by atoms with Crippen LogP contribution in [0.4, 0.5) is 4.79 Å². The van der Waals surface area contributed by atoms with Crippen molar-refractivity contribution in [1.82, 2.24) is 4.90 Å². The molecule has 0 unspecified atom stereocenters. The number of nitrogens with zero attached hydrogens (tertiary/aromatic N) is 1. The van der Waals surface area contributed by atoms with Gasteiger partial charge < -0.3 is 19.1 Å². The minimum absolute atomic E-state index is 0.0140. The largest absolute Gasteiger partial charge is 0.458 e. The molecule has 0 aromatic heterocycles. The molecule has 2 aliphatic heterocycles.